The number of carbonyl (C=O) groups is 1. The SMILES string of the molecule is Cc1nc2c(c(C)nn2C)c(C)c1CCC(=O)NCc1ccccn1. The summed E-state index contributed by atoms with van der Waals surface area (Å²) in [5, 5.41) is 8.48. The smallest absolute Gasteiger partial charge is 0.220 e. The highest BCUT2D eigenvalue weighted by Crippen LogP contribution is 2.25. The Labute approximate surface area is 147 Å². The lowest BCUT2D eigenvalue weighted by Crippen LogP contribution is -2.23. The molecule has 0 atom stereocenters. The molecule has 6 nitrogen and oxygen atoms in total. The van der Waals surface area contributed by atoms with Crippen molar-refractivity contribution in [2.45, 2.75) is 40.2 Å². The number of hydrogen-bond donors (Lipinski definition) is 1. The maximum absolute atomic E-state index is 12.2. The van der Waals surface area contributed by atoms with Gasteiger partial charge in [-0.25, -0.2) is 4.98 Å². The van der Waals surface area contributed by atoms with Crippen molar-refractivity contribution in [3.8, 4) is 0 Å². The van der Waals surface area contributed by atoms with Gasteiger partial charge in [-0.2, -0.15) is 5.10 Å². The minimum Gasteiger partial charge on any atom is -0.350 e. The Bertz CT molecular complexity index is 915. The molecule has 0 saturated heterocycles. The lowest BCUT2D eigenvalue weighted by molar-refractivity contribution is -0.121. The first-order valence-corrected chi connectivity index (χ1v) is 8.43. The lowest BCUT2D eigenvalue weighted by atomic mass is 9.99. The van der Waals surface area contributed by atoms with Crippen LogP contribution >= 0.6 is 0 Å². The second kappa shape index (κ2) is 7.01. The van der Waals surface area contributed by atoms with E-state index in [-0.39, 0.29) is 5.91 Å². The van der Waals surface area contributed by atoms with Gasteiger partial charge in [-0.05, 0) is 50.5 Å². The molecule has 3 rings (SSSR count). The lowest BCUT2D eigenvalue weighted by Gasteiger charge is -2.11. The van der Waals surface area contributed by atoms with Crippen LogP contribution in [0.1, 0.15) is 34.6 Å². The van der Waals surface area contributed by atoms with E-state index in [0.29, 0.717) is 19.4 Å². The van der Waals surface area contributed by atoms with Crippen molar-refractivity contribution in [3.63, 3.8) is 0 Å². The van der Waals surface area contributed by atoms with Crippen molar-refractivity contribution in [3.05, 3.63) is 52.6 Å². The minimum absolute atomic E-state index is 0.0208. The average molecular weight is 337 g/mol. The molecule has 0 aliphatic rings. The fraction of sp³-hybridized carbons (Fsp3) is 0.368. The van der Waals surface area contributed by atoms with Gasteiger partial charge in [-0.1, -0.05) is 6.07 Å². The third-order valence-electron chi connectivity index (χ3n) is 4.52. The zero-order chi connectivity index (χ0) is 18.0. The van der Waals surface area contributed by atoms with Crippen LogP contribution in [0.2, 0.25) is 0 Å². The Hall–Kier alpha value is -2.76. The van der Waals surface area contributed by atoms with E-state index in [1.54, 1.807) is 6.20 Å². The molecule has 3 aromatic rings. The van der Waals surface area contributed by atoms with Gasteiger partial charge in [-0.15, -0.1) is 0 Å². The summed E-state index contributed by atoms with van der Waals surface area (Å²) in [4.78, 5) is 21.1. The first-order valence-electron chi connectivity index (χ1n) is 8.43. The maximum Gasteiger partial charge on any atom is 0.220 e. The van der Waals surface area contributed by atoms with Crippen LogP contribution in [0.15, 0.2) is 24.4 Å². The van der Waals surface area contributed by atoms with E-state index in [4.69, 9.17) is 0 Å². The number of amides is 1. The summed E-state index contributed by atoms with van der Waals surface area (Å²) in [5.74, 6) is 0.0208. The number of aryl methyl sites for hydroxylation is 4. The van der Waals surface area contributed by atoms with Crippen molar-refractivity contribution in [2.75, 3.05) is 0 Å². The molecule has 0 bridgehead atoms. The number of nitrogens with one attached hydrogen (secondary N) is 1. The summed E-state index contributed by atoms with van der Waals surface area (Å²) in [6.45, 7) is 6.54. The molecule has 0 spiro atoms. The van der Waals surface area contributed by atoms with E-state index in [2.05, 4.69) is 27.3 Å². The number of pyridine rings is 2. The highest BCUT2D eigenvalue weighted by molar-refractivity contribution is 5.84. The molecule has 0 aromatic carbocycles. The van der Waals surface area contributed by atoms with Crippen LogP contribution in [0, 0.1) is 20.8 Å². The standard InChI is InChI=1S/C19H23N5O/c1-12-16(13(2)22-19-18(12)14(3)23-24(19)4)8-9-17(25)21-11-15-7-5-6-10-20-15/h5-7,10H,8-9,11H2,1-4H3,(H,21,25). The van der Waals surface area contributed by atoms with Crippen molar-refractivity contribution in [1.82, 2.24) is 25.1 Å². The summed E-state index contributed by atoms with van der Waals surface area (Å²) >= 11 is 0. The van der Waals surface area contributed by atoms with E-state index in [1.807, 2.05) is 43.8 Å². The molecule has 0 fully saturated rings. The van der Waals surface area contributed by atoms with E-state index < -0.39 is 0 Å². The fourth-order valence-electron chi connectivity index (χ4n) is 3.25. The molecule has 1 N–H and O–H groups in total. The minimum atomic E-state index is 0.0208. The summed E-state index contributed by atoms with van der Waals surface area (Å²) in [6, 6.07) is 5.68. The summed E-state index contributed by atoms with van der Waals surface area (Å²) < 4.78 is 1.81. The Kier molecular flexibility index (Phi) is 4.79. The van der Waals surface area contributed by atoms with E-state index in [0.717, 1.165) is 33.7 Å². The molecule has 0 aliphatic carbocycles. The zero-order valence-electron chi connectivity index (χ0n) is 15.1. The zero-order valence-corrected chi connectivity index (χ0v) is 15.1. The van der Waals surface area contributed by atoms with E-state index in [9.17, 15) is 4.79 Å². The molecule has 0 aliphatic heterocycles. The number of nitrogens with zero attached hydrogens (tertiary/aromatic N) is 4. The molecule has 3 heterocycles. The average Bonchev–Trinajstić information content (AvgIpc) is 2.87. The molecule has 0 radical (unpaired) electrons. The van der Waals surface area contributed by atoms with Crippen molar-refractivity contribution in [2.24, 2.45) is 7.05 Å². The summed E-state index contributed by atoms with van der Waals surface area (Å²) in [6.07, 6.45) is 2.83. The van der Waals surface area contributed by atoms with Crippen molar-refractivity contribution in [1.29, 1.82) is 0 Å². The second-order valence-corrected chi connectivity index (χ2v) is 6.31. The topological polar surface area (TPSA) is 72.7 Å². The predicted molar refractivity (Wildman–Crippen MR) is 97.1 cm³/mol. The third kappa shape index (κ3) is 3.52. The van der Waals surface area contributed by atoms with Gasteiger partial charge in [0, 0.05) is 30.7 Å². The van der Waals surface area contributed by atoms with Gasteiger partial charge in [0.15, 0.2) is 5.65 Å². The quantitative estimate of drug-likeness (QED) is 0.776. The van der Waals surface area contributed by atoms with Crippen LogP contribution in [0.4, 0.5) is 0 Å². The number of aromatic nitrogens is 4. The van der Waals surface area contributed by atoms with Gasteiger partial charge in [0.1, 0.15) is 0 Å². The van der Waals surface area contributed by atoms with Crippen LogP contribution in [0.25, 0.3) is 11.0 Å². The number of carbonyl (C=O) groups excluding carboxylic acids is 1. The van der Waals surface area contributed by atoms with Crippen LogP contribution < -0.4 is 5.32 Å². The Morgan fingerprint density at radius 1 is 1.20 bits per heavy atom. The van der Waals surface area contributed by atoms with E-state index >= 15 is 0 Å². The van der Waals surface area contributed by atoms with Crippen LogP contribution in [-0.4, -0.2) is 25.7 Å². The van der Waals surface area contributed by atoms with Gasteiger partial charge in [0.2, 0.25) is 5.91 Å². The molecule has 0 saturated carbocycles. The Morgan fingerprint density at radius 3 is 2.72 bits per heavy atom. The van der Waals surface area contributed by atoms with Gasteiger partial charge >= 0.3 is 0 Å². The third-order valence-corrected chi connectivity index (χ3v) is 4.52. The number of rotatable bonds is 5. The Balaban J connectivity index is 1.70. The molecular weight excluding hydrogens is 314 g/mol. The van der Waals surface area contributed by atoms with Crippen molar-refractivity contribution < 1.29 is 4.79 Å². The maximum atomic E-state index is 12.2. The van der Waals surface area contributed by atoms with Gasteiger partial charge in [-0.3, -0.25) is 14.5 Å². The largest absolute Gasteiger partial charge is 0.350 e. The molecule has 0 unspecified atom stereocenters. The monoisotopic (exact) mass is 337 g/mol. The molecule has 6 heteroatoms. The second-order valence-electron chi connectivity index (χ2n) is 6.31. The highest BCUT2D eigenvalue weighted by Gasteiger charge is 2.16. The molecule has 25 heavy (non-hydrogen) atoms. The van der Waals surface area contributed by atoms with Gasteiger partial charge < -0.3 is 5.32 Å². The van der Waals surface area contributed by atoms with Gasteiger partial charge in [0.25, 0.3) is 0 Å². The summed E-state index contributed by atoms with van der Waals surface area (Å²) in [5.41, 5.74) is 6.00. The number of hydrogen-bond acceptors (Lipinski definition) is 4. The summed E-state index contributed by atoms with van der Waals surface area (Å²) in [7, 11) is 1.91. The number of fused-ring (bicyclic) bond motifs is 1. The molecule has 3 aromatic heterocycles. The Morgan fingerprint density at radius 2 is 2.00 bits per heavy atom. The normalized spacial score (nSPS) is 11.0. The van der Waals surface area contributed by atoms with Crippen LogP contribution in [-0.2, 0) is 24.8 Å². The predicted octanol–water partition coefficient (Wildman–Crippen LogP) is 2.54. The van der Waals surface area contributed by atoms with Crippen LogP contribution in [0.5, 0.6) is 0 Å². The van der Waals surface area contributed by atoms with E-state index in [1.165, 1.54) is 5.56 Å². The molecular formula is C19H23N5O. The fourth-order valence-corrected chi connectivity index (χ4v) is 3.25. The highest BCUT2D eigenvalue weighted by atomic mass is 16.1. The molecule has 1 amide bonds. The van der Waals surface area contributed by atoms with Crippen LogP contribution in [0.3, 0.4) is 0 Å². The first kappa shape index (κ1) is 17.1. The van der Waals surface area contributed by atoms with Crippen molar-refractivity contribution >= 4 is 16.9 Å². The molecule has 130 valence electrons. The first-order chi connectivity index (χ1) is 12.0. The van der Waals surface area contributed by atoms with Gasteiger partial charge in [0.05, 0.1) is 17.9 Å².